The minimum absolute atomic E-state index is 0.268. The zero-order valence-corrected chi connectivity index (χ0v) is 8.25. The van der Waals surface area contributed by atoms with E-state index in [4.69, 9.17) is 28.6 Å². The predicted molar refractivity (Wildman–Crippen MR) is 47.2 cm³/mol. The van der Waals surface area contributed by atoms with Gasteiger partial charge in [-0.25, -0.2) is 0 Å². The highest BCUT2D eigenvalue weighted by atomic mass is 35.5. The van der Waals surface area contributed by atoms with Crippen molar-refractivity contribution in [1.82, 2.24) is 10.4 Å². The van der Waals surface area contributed by atoms with Gasteiger partial charge in [-0.15, -0.1) is 0 Å². The fourth-order valence-corrected chi connectivity index (χ4v) is 1.21. The number of aromatic nitrogens is 3. The van der Waals surface area contributed by atoms with Crippen LogP contribution in [0, 0.1) is 5.41 Å². The van der Waals surface area contributed by atoms with Gasteiger partial charge in [0.15, 0.2) is 0 Å². The maximum atomic E-state index is 7.04. The molecule has 5 nitrogen and oxygen atoms in total. The summed E-state index contributed by atoms with van der Waals surface area (Å²) in [6.45, 7) is 0. The van der Waals surface area contributed by atoms with Gasteiger partial charge in [0.1, 0.15) is 0 Å². The maximum absolute atomic E-state index is 7.04. The maximum Gasteiger partial charge on any atom is 0.244 e. The van der Waals surface area contributed by atoms with Gasteiger partial charge >= 0.3 is 0 Å². The van der Waals surface area contributed by atoms with E-state index in [9.17, 15) is 0 Å². The predicted octanol–water partition coefficient (Wildman–Crippen LogP) is 0.695. The smallest absolute Gasteiger partial charge is 0.244 e. The quantitative estimate of drug-likeness (QED) is 0.734. The van der Waals surface area contributed by atoms with Crippen LogP contribution in [0.5, 0.6) is 0 Å². The number of nitrogens with one attached hydrogen (secondary N) is 1. The summed E-state index contributed by atoms with van der Waals surface area (Å²) in [6.07, 6.45) is 0. The molecule has 7 heteroatoms. The average molecular weight is 231 g/mol. The van der Waals surface area contributed by atoms with E-state index in [1.165, 1.54) is 0 Å². The first-order valence-corrected chi connectivity index (χ1v) is 4.36. The highest BCUT2D eigenvalue weighted by molar-refractivity contribution is 6.42. The molecule has 14 heavy (non-hydrogen) atoms. The van der Waals surface area contributed by atoms with E-state index in [1.807, 2.05) is 0 Å². The van der Waals surface area contributed by atoms with Crippen LogP contribution in [0.1, 0.15) is 0 Å². The Morgan fingerprint density at radius 2 is 2.14 bits per heavy atom. The summed E-state index contributed by atoms with van der Waals surface area (Å²) in [4.78, 5) is 1.16. The molecule has 0 fully saturated rings. The number of halogens is 2. The number of hydrogen-bond acceptors (Lipinski definition) is 3. The Balaban J connectivity index is 2.52. The molecule has 0 unspecified atom stereocenters. The van der Waals surface area contributed by atoms with Crippen LogP contribution in [0.15, 0.2) is 22.7 Å². The number of hydrogen-bond donors (Lipinski definition) is 1. The number of rotatable bonds is 1. The lowest BCUT2D eigenvalue weighted by Crippen LogP contribution is -2.39. The lowest BCUT2D eigenvalue weighted by molar-refractivity contribution is -0.730. The summed E-state index contributed by atoms with van der Waals surface area (Å²) in [7, 11) is 0. The van der Waals surface area contributed by atoms with Gasteiger partial charge in [-0.1, -0.05) is 28.3 Å². The summed E-state index contributed by atoms with van der Waals surface area (Å²) >= 11 is 11.5. The molecule has 0 saturated carbocycles. The van der Waals surface area contributed by atoms with E-state index < -0.39 is 0 Å². The zero-order chi connectivity index (χ0) is 10.1. The van der Waals surface area contributed by atoms with E-state index in [0.717, 1.165) is 4.80 Å². The summed E-state index contributed by atoms with van der Waals surface area (Å²) in [5.74, 6) is 0. The van der Waals surface area contributed by atoms with E-state index in [0.29, 0.717) is 15.7 Å². The van der Waals surface area contributed by atoms with Gasteiger partial charge < -0.3 is 9.93 Å². The van der Waals surface area contributed by atoms with Gasteiger partial charge in [-0.2, -0.15) is 0 Å². The van der Waals surface area contributed by atoms with Crippen LogP contribution in [0.3, 0.4) is 0 Å². The molecule has 0 radical (unpaired) electrons. The Bertz CT molecular complexity index is 518. The molecule has 72 valence electrons. The van der Waals surface area contributed by atoms with E-state index in [1.54, 1.807) is 18.2 Å². The van der Waals surface area contributed by atoms with Gasteiger partial charge in [0.2, 0.25) is 11.4 Å². The van der Waals surface area contributed by atoms with Crippen molar-refractivity contribution in [1.29, 1.82) is 5.41 Å². The Hall–Kier alpha value is -1.33. The summed E-state index contributed by atoms with van der Waals surface area (Å²) < 4.78 is 4.48. The van der Waals surface area contributed by atoms with Gasteiger partial charge in [0.05, 0.1) is 15.3 Å². The summed E-state index contributed by atoms with van der Waals surface area (Å²) in [5.41, 5.74) is 0.317. The van der Waals surface area contributed by atoms with Crippen molar-refractivity contribution in [2.75, 3.05) is 0 Å². The molecule has 0 amide bonds. The molecule has 0 saturated heterocycles. The third-order valence-electron chi connectivity index (χ3n) is 1.52. The largest absolute Gasteiger partial charge is 0.376 e. The van der Waals surface area contributed by atoms with Crippen molar-refractivity contribution in [3.05, 3.63) is 33.9 Å². The normalized spacial score (nSPS) is 10.4. The van der Waals surface area contributed by atoms with Gasteiger partial charge in [0, 0.05) is 12.1 Å². The molecule has 2 rings (SSSR count). The zero-order valence-electron chi connectivity index (χ0n) is 6.74. The molecule has 0 aliphatic heterocycles. The van der Waals surface area contributed by atoms with E-state index in [2.05, 4.69) is 14.9 Å². The van der Waals surface area contributed by atoms with Crippen molar-refractivity contribution in [2.24, 2.45) is 0 Å². The van der Waals surface area contributed by atoms with Crippen LogP contribution in [0.2, 0.25) is 10.0 Å². The first-order chi connectivity index (χ1) is 6.66. The molecule has 1 aromatic heterocycles. The standard InChI is InChI=1S/C7H4Cl2N4O/c8-5-2-1-4(3-6(5)9)13-11-7(10)14-12-13/h1-3,10H. The second-order valence-electron chi connectivity index (χ2n) is 2.47. The molecular weight excluding hydrogens is 227 g/mol. The Kier molecular flexibility index (Phi) is 2.26. The van der Waals surface area contributed by atoms with E-state index in [-0.39, 0.29) is 5.68 Å². The Labute approximate surface area is 88.3 Å². The van der Waals surface area contributed by atoms with Crippen molar-refractivity contribution in [2.45, 2.75) is 0 Å². The molecule has 2 aromatic rings. The van der Waals surface area contributed by atoms with Crippen LogP contribution in [0.25, 0.3) is 5.69 Å². The first-order valence-electron chi connectivity index (χ1n) is 3.60. The molecule has 1 N–H and O–H groups in total. The fourth-order valence-electron chi connectivity index (χ4n) is 0.914. The van der Waals surface area contributed by atoms with Gasteiger partial charge in [-0.3, -0.25) is 0 Å². The summed E-state index contributed by atoms with van der Waals surface area (Å²) in [6, 6.07) is 4.87. The third kappa shape index (κ3) is 1.64. The second kappa shape index (κ2) is 3.43. The fraction of sp³-hybridized carbons (Fsp3) is 0. The average Bonchev–Trinajstić information content (AvgIpc) is 2.57. The lowest BCUT2D eigenvalue weighted by Gasteiger charge is -1.93. The van der Waals surface area contributed by atoms with Crippen molar-refractivity contribution < 1.29 is 9.32 Å². The molecule has 1 aromatic carbocycles. The number of nitrogens with zero attached hydrogens (tertiary/aromatic N) is 3. The minimum atomic E-state index is -0.268. The second-order valence-corrected chi connectivity index (χ2v) is 3.28. The monoisotopic (exact) mass is 230 g/mol. The molecule has 0 aliphatic rings. The Morgan fingerprint density at radius 3 is 2.71 bits per heavy atom. The van der Waals surface area contributed by atoms with Crippen LogP contribution >= 0.6 is 23.2 Å². The van der Waals surface area contributed by atoms with Crippen molar-refractivity contribution in [3.8, 4) is 5.69 Å². The molecule has 0 bridgehead atoms. The SMILES string of the molecule is N=c1[n-][n+](-c2ccc(Cl)c(Cl)c2)no1. The summed E-state index contributed by atoms with van der Waals surface area (Å²) in [5, 5.41) is 15.0. The van der Waals surface area contributed by atoms with Crippen LogP contribution in [-0.4, -0.2) is 5.27 Å². The van der Waals surface area contributed by atoms with Crippen molar-refractivity contribution in [3.63, 3.8) is 0 Å². The highest BCUT2D eigenvalue weighted by Crippen LogP contribution is 2.21. The molecule has 0 aliphatic carbocycles. The van der Waals surface area contributed by atoms with Crippen LogP contribution in [0.4, 0.5) is 0 Å². The van der Waals surface area contributed by atoms with Gasteiger partial charge in [-0.05, 0) is 10.9 Å². The van der Waals surface area contributed by atoms with Crippen molar-refractivity contribution >= 4 is 23.2 Å². The van der Waals surface area contributed by atoms with Crippen LogP contribution in [-0.2, 0) is 0 Å². The van der Waals surface area contributed by atoms with E-state index >= 15 is 0 Å². The number of benzene rings is 1. The van der Waals surface area contributed by atoms with Crippen LogP contribution < -0.4 is 15.6 Å². The molecule has 1 heterocycles. The lowest BCUT2D eigenvalue weighted by atomic mass is 10.3. The van der Waals surface area contributed by atoms with Gasteiger partial charge in [0.25, 0.3) is 0 Å². The molecular formula is C7H4Cl2N4O. The highest BCUT2D eigenvalue weighted by Gasteiger charge is 2.09. The Morgan fingerprint density at radius 1 is 1.36 bits per heavy atom. The third-order valence-corrected chi connectivity index (χ3v) is 2.26. The molecule has 0 spiro atoms. The molecule has 0 atom stereocenters. The minimum Gasteiger partial charge on any atom is -0.376 e. The first kappa shape index (κ1) is 9.23. The topological polar surface area (TPSA) is 67.9 Å².